The molecule has 4 aromatic carbocycles. The summed E-state index contributed by atoms with van der Waals surface area (Å²) >= 11 is 16.1. The molecule has 40 heavy (non-hydrogen) atoms. The number of rotatable bonds is 7. The van der Waals surface area contributed by atoms with Gasteiger partial charge in [-0.25, -0.2) is 10.2 Å². The third-order valence-electron chi connectivity index (χ3n) is 6.03. The maximum Gasteiger partial charge on any atom is 0.347 e. The number of carbonyl (C=O) groups excluding carboxylic acids is 2. The number of nitrogens with one attached hydrogen (secondary N) is 2. The maximum absolute atomic E-state index is 13.3. The molecule has 2 N–H and O–H groups in total. The summed E-state index contributed by atoms with van der Waals surface area (Å²) in [6.07, 6.45) is 1.39. The van der Waals surface area contributed by atoms with Gasteiger partial charge in [-0.05, 0) is 58.4 Å². The van der Waals surface area contributed by atoms with Crippen molar-refractivity contribution in [1.82, 2.24) is 10.4 Å². The number of carbonyl (C=O) groups is 2. The number of hydrogen-bond acceptors (Lipinski definition) is 5. The first-order valence-corrected chi connectivity index (χ1v) is 13.5. The van der Waals surface area contributed by atoms with Crippen LogP contribution in [0.5, 0.6) is 11.5 Å². The number of aromatic amines is 1. The van der Waals surface area contributed by atoms with Gasteiger partial charge in [-0.3, -0.25) is 4.79 Å². The second-order valence-corrected chi connectivity index (χ2v) is 10.2. The van der Waals surface area contributed by atoms with Crippen LogP contribution in [0.3, 0.4) is 0 Å². The SMILES string of the molecule is COc1ccc(Cl)cc1C(=O)Oc1ccccc1C=NNC(=O)c1[nH]c2c(Br)cccc2c1-c1ccccc1Cl. The fourth-order valence-corrected chi connectivity index (χ4v) is 5.05. The van der Waals surface area contributed by atoms with Crippen molar-refractivity contribution in [2.75, 3.05) is 7.11 Å². The van der Waals surface area contributed by atoms with Gasteiger partial charge in [0, 0.05) is 36.6 Å². The molecular formula is C30H20BrCl2N3O4. The molecule has 0 saturated carbocycles. The van der Waals surface area contributed by atoms with Crippen molar-refractivity contribution in [3.05, 3.63) is 116 Å². The van der Waals surface area contributed by atoms with Crippen LogP contribution in [0.25, 0.3) is 22.0 Å². The Morgan fingerprint density at radius 3 is 2.52 bits per heavy atom. The lowest BCUT2D eigenvalue weighted by molar-refractivity contribution is 0.0730. The summed E-state index contributed by atoms with van der Waals surface area (Å²) in [5.74, 6) is -0.574. The Balaban J connectivity index is 1.42. The van der Waals surface area contributed by atoms with E-state index >= 15 is 0 Å². The second kappa shape index (κ2) is 12.0. The molecule has 0 aliphatic heterocycles. The lowest BCUT2D eigenvalue weighted by Crippen LogP contribution is -2.19. The Bertz CT molecular complexity index is 1780. The minimum atomic E-state index is -0.655. The highest BCUT2D eigenvalue weighted by molar-refractivity contribution is 9.10. The zero-order chi connectivity index (χ0) is 28.2. The molecule has 7 nitrogen and oxygen atoms in total. The molecule has 5 aromatic rings. The third kappa shape index (κ3) is 5.60. The quantitative estimate of drug-likeness (QED) is 0.0822. The van der Waals surface area contributed by atoms with E-state index < -0.39 is 11.9 Å². The van der Waals surface area contributed by atoms with Gasteiger partial charge < -0.3 is 14.5 Å². The van der Waals surface area contributed by atoms with Gasteiger partial charge in [0.05, 0.1) is 18.8 Å². The van der Waals surface area contributed by atoms with Crippen molar-refractivity contribution in [3.8, 4) is 22.6 Å². The van der Waals surface area contributed by atoms with Gasteiger partial charge >= 0.3 is 5.97 Å². The summed E-state index contributed by atoms with van der Waals surface area (Å²) in [5, 5.41) is 5.83. The highest BCUT2D eigenvalue weighted by Crippen LogP contribution is 2.38. The first-order chi connectivity index (χ1) is 19.4. The van der Waals surface area contributed by atoms with E-state index in [1.54, 1.807) is 42.5 Å². The van der Waals surface area contributed by atoms with Gasteiger partial charge in [0.2, 0.25) is 0 Å². The van der Waals surface area contributed by atoms with Gasteiger partial charge in [-0.15, -0.1) is 0 Å². The van der Waals surface area contributed by atoms with E-state index in [0.29, 0.717) is 38.2 Å². The number of H-pyrrole nitrogens is 1. The highest BCUT2D eigenvalue weighted by Gasteiger charge is 2.22. The van der Waals surface area contributed by atoms with Crippen molar-refractivity contribution in [3.63, 3.8) is 0 Å². The largest absolute Gasteiger partial charge is 0.496 e. The number of ether oxygens (including phenoxy) is 2. The van der Waals surface area contributed by atoms with E-state index in [2.05, 4.69) is 31.4 Å². The fraction of sp³-hybridized carbons (Fsp3) is 0.0333. The van der Waals surface area contributed by atoms with Crippen molar-refractivity contribution in [1.29, 1.82) is 0 Å². The third-order valence-corrected chi connectivity index (χ3v) is 7.25. The topological polar surface area (TPSA) is 92.8 Å². The molecule has 1 amide bonds. The number of para-hydroxylation sites is 2. The summed E-state index contributed by atoms with van der Waals surface area (Å²) in [6.45, 7) is 0. The Hall–Kier alpha value is -4.11. The van der Waals surface area contributed by atoms with E-state index in [4.69, 9.17) is 32.7 Å². The molecule has 0 unspecified atom stereocenters. The van der Waals surface area contributed by atoms with Gasteiger partial charge in [-0.1, -0.05) is 65.7 Å². The lowest BCUT2D eigenvalue weighted by atomic mass is 10.0. The van der Waals surface area contributed by atoms with Gasteiger partial charge in [0.1, 0.15) is 22.8 Å². The van der Waals surface area contributed by atoms with E-state index in [1.165, 1.54) is 19.4 Å². The number of benzene rings is 4. The number of esters is 1. The molecule has 10 heteroatoms. The fourth-order valence-electron chi connectivity index (χ4n) is 4.19. The van der Waals surface area contributed by atoms with Gasteiger partial charge in [-0.2, -0.15) is 5.10 Å². The number of hydrazone groups is 1. The molecule has 0 aliphatic rings. The Morgan fingerprint density at radius 1 is 0.950 bits per heavy atom. The number of aromatic nitrogens is 1. The van der Waals surface area contributed by atoms with Crippen LogP contribution >= 0.6 is 39.1 Å². The van der Waals surface area contributed by atoms with E-state index in [9.17, 15) is 9.59 Å². The van der Waals surface area contributed by atoms with E-state index in [1.807, 2.05) is 36.4 Å². The van der Waals surface area contributed by atoms with Crippen LogP contribution in [0, 0.1) is 0 Å². The van der Waals surface area contributed by atoms with E-state index in [-0.39, 0.29) is 11.3 Å². The minimum Gasteiger partial charge on any atom is -0.496 e. The zero-order valence-corrected chi connectivity index (χ0v) is 24.0. The van der Waals surface area contributed by atoms with Gasteiger partial charge in [0.25, 0.3) is 5.91 Å². The standard InChI is InChI=1S/C30H20BrCl2N3O4/c1-39-25-14-13-18(32)15-21(25)30(38)40-24-12-5-2-7-17(24)16-34-36-29(37)28-26(19-8-3-4-11-23(19)33)20-9-6-10-22(31)27(20)35-28/h2-16,35H,1H3,(H,36,37). The number of nitrogens with zero attached hydrogens (tertiary/aromatic N) is 1. The van der Waals surface area contributed by atoms with Crippen LogP contribution < -0.4 is 14.9 Å². The molecule has 0 fully saturated rings. The molecular weight excluding hydrogens is 617 g/mol. The van der Waals surface area contributed by atoms with Crippen LogP contribution in [0.2, 0.25) is 10.0 Å². The molecule has 0 spiro atoms. The smallest absolute Gasteiger partial charge is 0.347 e. The van der Waals surface area contributed by atoms with Crippen molar-refractivity contribution in [2.45, 2.75) is 0 Å². The summed E-state index contributed by atoms with van der Waals surface area (Å²) in [5.41, 5.74) is 5.59. The van der Waals surface area contributed by atoms with Crippen LogP contribution in [-0.2, 0) is 0 Å². The summed E-state index contributed by atoms with van der Waals surface area (Å²) in [7, 11) is 1.45. The van der Waals surface area contributed by atoms with Crippen LogP contribution in [0.1, 0.15) is 26.4 Å². The van der Waals surface area contributed by atoms with Crippen molar-refractivity contribution in [2.24, 2.45) is 5.10 Å². The predicted octanol–water partition coefficient (Wildman–Crippen LogP) is 7.90. The maximum atomic E-state index is 13.3. The zero-order valence-electron chi connectivity index (χ0n) is 20.9. The van der Waals surface area contributed by atoms with Crippen LogP contribution in [-0.4, -0.2) is 30.2 Å². The summed E-state index contributed by atoms with van der Waals surface area (Å²) in [6, 6.07) is 24.4. The summed E-state index contributed by atoms with van der Waals surface area (Å²) in [4.78, 5) is 29.4. The van der Waals surface area contributed by atoms with Crippen molar-refractivity contribution < 1.29 is 19.1 Å². The number of halogens is 3. The van der Waals surface area contributed by atoms with Gasteiger partial charge in [0.15, 0.2) is 0 Å². The van der Waals surface area contributed by atoms with E-state index in [0.717, 1.165) is 15.4 Å². The average Bonchev–Trinajstić information content (AvgIpc) is 3.35. The first-order valence-electron chi connectivity index (χ1n) is 11.9. The second-order valence-electron chi connectivity index (χ2n) is 8.49. The number of amides is 1. The Morgan fingerprint density at radius 2 is 1.73 bits per heavy atom. The molecule has 1 aromatic heterocycles. The monoisotopic (exact) mass is 635 g/mol. The summed E-state index contributed by atoms with van der Waals surface area (Å²) < 4.78 is 11.7. The van der Waals surface area contributed by atoms with Crippen LogP contribution in [0.4, 0.5) is 0 Å². The molecule has 1 heterocycles. The Labute approximate surface area is 247 Å². The lowest BCUT2D eigenvalue weighted by Gasteiger charge is -2.10. The number of methoxy groups -OCH3 is 1. The number of hydrogen-bond donors (Lipinski definition) is 2. The predicted molar refractivity (Wildman–Crippen MR) is 161 cm³/mol. The van der Waals surface area contributed by atoms with Crippen LogP contribution in [0.15, 0.2) is 94.5 Å². The molecule has 5 rings (SSSR count). The molecule has 0 saturated heterocycles. The first kappa shape index (κ1) is 27.5. The minimum absolute atomic E-state index is 0.173. The Kier molecular flexibility index (Phi) is 8.21. The molecule has 0 aliphatic carbocycles. The molecule has 200 valence electrons. The number of fused-ring (bicyclic) bond motifs is 1. The molecule has 0 radical (unpaired) electrons. The molecule has 0 bridgehead atoms. The average molecular weight is 637 g/mol. The molecule has 0 atom stereocenters. The van der Waals surface area contributed by atoms with Crippen molar-refractivity contribution >= 4 is 68.1 Å². The highest BCUT2D eigenvalue weighted by atomic mass is 79.9. The normalized spacial score (nSPS) is 11.1.